The summed E-state index contributed by atoms with van der Waals surface area (Å²) in [6.45, 7) is 2.23. The first kappa shape index (κ1) is 17.8. The van der Waals surface area contributed by atoms with E-state index in [2.05, 4.69) is 29.4 Å². The summed E-state index contributed by atoms with van der Waals surface area (Å²) in [6, 6.07) is 13.9. The first-order valence-corrected chi connectivity index (χ1v) is 9.23. The van der Waals surface area contributed by atoms with Gasteiger partial charge in [0, 0.05) is 16.9 Å². The average Bonchev–Trinajstić information content (AvgIpc) is 3.25. The number of fused-ring (bicyclic) bond motifs is 1. The first-order valence-electron chi connectivity index (χ1n) is 9.23. The minimum absolute atomic E-state index is 0.132. The standard InChI is InChI=1S/C22H21N5O/c1-13-2-4-15-8-14(10-23)3-6-17(15)22(13)27-16-5-7-19(24)18(9-16)21(25)20-11-26-12-28-20/h3,5-9,11-13,22,25,27H,2,4,24H2,1H3/t13-,22-/m0/s1. The van der Waals surface area contributed by atoms with Crippen molar-refractivity contribution in [3.63, 3.8) is 0 Å². The molecule has 0 aliphatic heterocycles. The topological polar surface area (TPSA) is 112 Å². The molecular weight excluding hydrogens is 350 g/mol. The van der Waals surface area contributed by atoms with Crippen LogP contribution < -0.4 is 11.1 Å². The minimum Gasteiger partial charge on any atom is -0.442 e. The molecule has 0 spiro atoms. The van der Waals surface area contributed by atoms with E-state index in [0.29, 0.717) is 28.5 Å². The van der Waals surface area contributed by atoms with Crippen LogP contribution in [0, 0.1) is 22.7 Å². The molecule has 0 fully saturated rings. The smallest absolute Gasteiger partial charge is 0.181 e. The van der Waals surface area contributed by atoms with E-state index in [1.54, 1.807) is 6.07 Å². The Labute approximate surface area is 163 Å². The lowest BCUT2D eigenvalue weighted by Crippen LogP contribution is -2.25. The molecule has 4 rings (SSSR count). The predicted octanol–water partition coefficient (Wildman–Crippen LogP) is 4.28. The maximum Gasteiger partial charge on any atom is 0.181 e. The molecule has 0 radical (unpaired) electrons. The third-order valence-corrected chi connectivity index (χ3v) is 5.37. The van der Waals surface area contributed by atoms with Crippen LogP contribution in [0.2, 0.25) is 0 Å². The molecule has 1 heterocycles. The zero-order valence-corrected chi connectivity index (χ0v) is 15.6. The van der Waals surface area contributed by atoms with E-state index >= 15 is 0 Å². The van der Waals surface area contributed by atoms with E-state index in [9.17, 15) is 0 Å². The van der Waals surface area contributed by atoms with Gasteiger partial charge in [-0.15, -0.1) is 0 Å². The van der Waals surface area contributed by atoms with Gasteiger partial charge in [0.2, 0.25) is 0 Å². The number of aromatic nitrogens is 1. The monoisotopic (exact) mass is 371 g/mol. The lowest BCUT2D eigenvalue weighted by molar-refractivity contribution is 0.434. The first-order chi connectivity index (χ1) is 13.6. The average molecular weight is 371 g/mol. The lowest BCUT2D eigenvalue weighted by atomic mass is 9.80. The van der Waals surface area contributed by atoms with Crippen molar-refractivity contribution in [1.82, 2.24) is 4.98 Å². The molecule has 4 N–H and O–H groups in total. The highest BCUT2D eigenvalue weighted by Gasteiger charge is 2.27. The quantitative estimate of drug-likeness (QED) is 0.468. The van der Waals surface area contributed by atoms with Crippen LogP contribution in [0.3, 0.4) is 0 Å². The number of benzene rings is 2. The summed E-state index contributed by atoms with van der Waals surface area (Å²) < 4.78 is 5.24. The van der Waals surface area contributed by atoms with E-state index in [1.165, 1.54) is 23.7 Å². The maximum absolute atomic E-state index is 9.17. The molecule has 3 aromatic rings. The second-order valence-corrected chi connectivity index (χ2v) is 7.21. The Morgan fingerprint density at radius 2 is 2.18 bits per heavy atom. The Hall–Kier alpha value is -3.59. The summed E-state index contributed by atoms with van der Waals surface area (Å²) in [7, 11) is 0. The molecular formula is C22H21N5O. The van der Waals surface area contributed by atoms with Crippen molar-refractivity contribution in [3.05, 3.63) is 77.0 Å². The van der Waals surface area contributed by atoms with Crippen molar-refractivity contribution in [1.29, 1.82) is 10.7 Å². The van der Waals surface area contributed by atoms with Crippen LogP contribution in [0.1, 0.15) is 47.4 Å². The number of hydrogen-bond acceptors (Lipinski definition) is 6. The molecule has 2 atom stereocenters. The highest BCUT2D eigenvalue weighted by atomic mass is 16.3. The summed E-state index contributed by atoms with van der Waals surface area (Å²) in [4.78, 5) is 3.88. The van der Waals surface area contributed by atoms with Crippen molar-refractivity contribution in [2.45, 2.75) is 25.8 Å². The van der Waals surface area contributed by atoms with E-state index in [-0.39, 0.29) is 11.8 Å². The number of nitrogens with zero attached hydrogens (tertiary/aromatic N) is 2. The Kier molecular flexibility index (Phi) is 4.58. The number of nitrogens with two attached hydrogens (primary N) is 1. The molecule has 0 amide bonds. The summed E-state index contributed by atoms with van der Waals surface area (Å²) >= 11 is 0. The van der Waals surface area contributed by atoms with E-state index in [1.807, 2.05) is 24.3 Å². The van der Waals surface area contributed by atoms with Crippen molar-refractivity contribution in [3.8, 4) is 6.07 Å². The van der Waals surface area contributed by atoms with Gasteiger partial charge in [-0.25, -0.2) is 4.98 Å². The third kappa shape index (κ3) is 3.23. The van der Waals surface area contributed by atoms with E-state index < -0.39 is 0 Å². The number of rotatable bonds is 4. The third-order valence-electron chi connectivity index (χ3n) is 5.37. The van der Waals surface area contributed by atoms with Crippen molar-refractivity contribution >= 4 is 17.1 Å². The number of anilines is 2. The van der Waals surface area contributed by atoms with Gasteiger partial charge in [-0.2, -0.15) is 5.26 Å². The number of hydrogen-bond donors (Lipinski definition) is 3. The summed E-state index contributed by atoms with van der Waals surface area (Å²) in [5.74, 6) is 0.819. The molecule has 0 saturated carbocycles. The highest BCUT2D eigenvalue weighted by Crippen LogP contribution is 2.37. The van der Waals surface area contributed by atoms with Gasteiger partial charge in [-0.3, -0.25) is 5.41 Å². The van der Waals surface area contributed by atoms with Gasteiger partial charge in [0.05, 0.1) is 23.9 Å². The van der Waals surface area contributed by atoms with Gasteiger partial charge in [0.25, 0.3) is 0 Å². The van der Waals surface area contributed by atoms with Gasteiger partial charge < -0.3 is 15.5 Å². The number of oxazole rings is 1. The lowest BCUT2D eigenvalue weighted by Gasteiger charge is -2.33. The molecule has 6 nitrogen and oxygen atoms in total. The van der Waals surface area contributed by atoms with Gasteiger partial charge in [0.1, 0.15) is 5.71 Å². The number of nitrogen functional groups attached to an aromatic ring is 1. The Morgan fingerprint density at radius 1 is 1.32 bits per heavy atom. The molecule has 1 aliphatic rings. The van der Waals surface area contributed by atoms with E-state index in [4.69, 9.17) is 20.8 Å². The zero-order valence-electron chi connectivity index (χ0n) is 15.6. The Balaban J connectivity index is 1.66. The second kappa shape index (κ2) is 7.20. The summed E-state index contributed by atoms with van der Waals surface area (Å²) in [6.07, 6.45) is 4.84. The number of nitriles is 1. The van der Waals surface area contributed by atoms with Crippen molar-refractivity contribution in [2.24, 2.45) is 5.92 Å². The largest absolute Gasteiger partial charge is 0.442 e. The fourth-order valence-corrected chi connectivity index (χ4v) is 3.79. The Bertz CT molecular complexity index is 1070. The van der Waals surface area contributed by atoms with Gasteiger partial charge in [-0.1, -0.05) is 13.0 Å². The van der Waals surface area contributed by atoms with Crippen LogP contribution in [-0.4, -0.2) is 10.7 Å². The molecule has 0 saturated heterocycles. The van der Waals surface area contributed by atoms with E-state index in [0.717, 1.165) is 18.5 Å². The summed E-state index contributed by atoms with van der Waals surface area (Å²) in [5.41, 5.74) is 11.5. The highest BCUT2D eigenvalue weighted by molar-refractivity contribution is 6.12. The fraction of sp³-hybridized carbons (Fsp3) is 0.227. The van der Waals surface area contributed by atoms with Gasteiger partial charge in [0.15, 0.2) is 12.2 Å². The minimum atomic E-state index is 0.132. The molecule has 0 bridgehead atoms. The zero-order chi connectivity index (χ0) is 19.7. The molecule has 0 unspecified atom stereocenters. The molecule has 6 heteroatoms. The second-order valence-electron chi connectivity index (χ2n) is 7.21. The predicted molar refractivity (Wildman–Crippen MR) is 108 cm³/mol. The maximum atomic E-state index is 9.17. The SMILES string of the molecule is C[C@H]1CCc2cc(C#N)ccc2[C@H]1Nc1ccc(N)c(C(=N)c2cnco2)c1. The number of nitrogens with one attached hydrogen (secondary N) is 2. The normalized spacial score (nSPS) is 18.1. The van der Waals surface area contributed by atoms with Crippen LogP contribution in [0.5, 0.6) is 0 Å². The van der Waals surface area contributed by atoms with Crippen LogP contribution in [-0.2, 0) is 6.42 Å². The molecule has 1 aliphatic carbocycles. The van der Waals surface area contributed by atoms with Gasteiger partial charge >= 0.3 is 0 Å². The number of aryl methyl sites for hydroxylation is 1. The Morgan fingerprint density at radius 3 is 2.93 bits per heavy atom. The van der Waals surface area contributed by atoms with Gasteiger partial charge in [-0.05, 0) is 60.2 Å². The fourth-order valence-electron chi connectivity index (χ4n) is 3.79. The summed E-state index contributed by atoms with van der Waals surface area (Å²) in [5, 5.41) is 21.2. The van der Waals surface area contributed by atoms with Crippen LogP contribution in [0.15, 0.2) is 53.4 Å². The molecule has 1 aromatic heterocycles. The molecule has 28 heavy (non-hydrogen) atoms. The van der Waals surface area contributed by atoms with Crippen LogP contribution in [0.25, 0.3) is 0 Å². The molecule has 2 aromatic carbocycles. The van der Waals surface area contributed by atoms with Crippen molar-refractivity contribution in [2.75, 3.05) is 11.1 Å². The van der Waals surface area contributed by atoms with Crippen molar-refractivity contribution < 1.29 is 4.42 Å². The van der Waals surface area contributed by atoms with Crippen LogP contribution >= 0.6 is 0 Å². The molecule has 140 valence electrons. The van der Waals surface area contributed by atoms with Crippen LogP contribution in [0.4, 0.5) is 11.4 Å².